The van der Waals surface area contributed by atoms with Gasteiger partial charge in [0, 0.05) is 60.8 Å². The summed E-state index contributed by atoms with van der Waals surface area (Å²) in [6, 6.07) is 10.9. The van der Waals surface area contributed by atoms with Gasteiger partial charge in [-0.1, -0.05) is 12.1 Å². The number of sulfonamides is 1. The number of para-hydroxylation sites is 2. The zero-order valence-electron chi connectivity index (χ0n) is 22.9. The smallest absolute Gasteiger partial charge is 0.232 e. The van der Waals surface area contributed by atoms with E-state index in [9.17, 15) is 8.42 Å². The molecule has 4 aromatic rings. The number of nitrogens with one attached hydrogen (secondary N) is 3. The molecule has 0 saturated heterocycles. The summed E-state index contributed by atoms with van der Waals surface area (Å²) in [4.78, 5) is 9.14. The summed E-state index contributed by atoms with van der Waals surface area (Å²) >= 11 is 3.52. The second kappa shape index (κ2) is 11.0. The van der Waals surface area contributed by atoms with Crippen molar-refractivity contribution in [1.29, 1.82) is 0 Å². The second-order valence-corrected chi connectivity index (χ2v) is 12.4. The number of halogens is 1. The Kier molecular flexibility index (Phi) is 7.60. The minimum Gasteiger partial charge on any atom is -0.494 e. The number of methoxy groups -OCH3 is 1. The minimum absolute atomic E-state index is 0.278. The lowest BCUT2D eigenvalue weighted by atomic mass is 10.0. The highest BCUT2D eigenvalue weighted by atomic mass is 79.9. The van der Waals surface area contributed by atoms with E-state index in [2.05, 4.69) is 46.9 Å². The van der Waals surface area contributed by atoms with Crippen LogP contribution in [0.2, 0.25) is 0 Å². The molecule has 0 amide bonds. The number of anilines is 6. The van der Waals surface area contributed by atoms with E-state index < -0.39 is 10.0 Å². The molecule has 40 heavy (non-hydrogen) atoms. The zero-order valence-corrected chi connectivity index (χ0v) is 25.3. The number of fused-ring (bicyclic) bond motifs is 3. The SMILES string of the molecule is COc1cc2c(cc1Nc1ncc(Br)c(Nc3ccccc3N(C(C)C)S(C)(=O)=O)n1)-c1cnn(C)c1CCN2. The van der Waals surface area contributed by atoms with Crippen molar-refractivity contribution in [3.05, 3.63) is 59.0 Å². The molecular formula is C27H31BrN8O3S. The van der Waals surface area contributed by atoms with Gasteiger partial charge in [0.05, 0.1) is 41.1 Å². The van der Waals surface area contributed by atoms with Gasteiger partial charge in [0.15, 0.2) is 0 Å². The standard InChI is InChI=1S/C27H31BrN8O3S/c1-16(2)36(40(5,37)38)24-9-7-6-8-20(24)32-26-19(28)15-30-27(34-26)33-22-12-17-18-14-31-35(3)23(18)10-11-29-21(17)13-25(22)39-4/h6-9,12-16,29H,10-11H2,1-5H3,(H2,30,32,33,34). The molecule has 0 unspecified atom stereocenters. The number of aromatic nitrogens is 4. The maximum absolute atomic E-state index is 12.6. The number of hydrogen-bond donors (Lipinski definition) is 3. The Morgan fingerprint density at radius 2 is 1.90 bits per heavy atom. The van der Waals surface area contributed by atoms with Crippen LogP contribution in [0, 0.1) is 0 Å². The number of ether oxygens (including phenoxy) is 1. The molecule has 210 valence electrons. The monoisotopic (exact) mass is 626 g/mol. The Morgan fingerprint density at radius 1 is 1.12 bits per heavy atom. The van der Waals surface area contributed by atoms with Crippen molar-refractivity contribution in [2.75, 3.05) is 40.2 Å². The number of benzene rings is 2. The normalized spacial score (nSPS) is 12.7. The molecule has 0 aliphatic carbocycles. The van der Waals surface area contributed by atoms with Crippen LogP contribution in [-0.2, 0) is 23.5 Å². The average molecular weight is 628 g/mol. The molecule has 0 fully saturated rings. The lowest BCUT2D eigenvalue weighted by molar-refractivity contribution is 0.417. The van der Waals surface area contributed by atoms with Gasteiger partial charge in [0.2, 0.25) is 16.0 Å². The lowest BCUT2D eigenvalue weighted by Crippen LogP contribution is -2.36. The van der Waals surface area contributed by atoms with Crippen LogP contribution in [0.5, 0.6) is 5.75 Å². The van der Waals surface area contributed by atoms with E-state index in [4.69, 9.17) is 4.74 Å². The number of aryl methyl sites for hydroxylation is 1. The summed E-state index contributed by atoms with van der Waals surface area (Å²) < 4.78 is 34.8. The summed E-state index contributed by atoms with van der Waals surface area (Å²) in [5.74, 6) is 1.43. The molecule has 0 bridgehead atoms. The van der Waals surface area contributed by atoms with Gasteiger partial charge < -0.3 is 20.7 Å². The summed E-state index contributed by atoms with van der Waals surface area (Å²) in [6.07, 6.45) is 5.56. The molecule has 0 atom stereocenters. The van der Waals surface area contributed by atoms with Gasteiger partial charge >= 0.3 is 0 Å². The van der Waals surface area contributed by atoms with Crippen LogP contribution >= 0.6 is 15.9 Å². The minimum atomic E-state index is -3.52. The van der Waals surface area contributed by atoms with Gasteiger partial charge in [-0.25, -0.2) is 13.4 Å². The first-order valence-corrected chi connectivity index (χ1v) is 15.3. The molecule has 11 nitrogen and oxygen atoms in total. The Morgan fingerprint density at radius 3 is 2.62 bits per heavy atom. The number of nitrogens with zero attached hydrogens (tertiary/aromatic N) is 5. The Labute approximate surface area is 242 Å². The van der Waals surface area contributed by atoms with Crippen molar-refractivity contribution in [3.8, 4) is 16.9 Å². The zero-order chi connectivity index (χ0) is 28.6. The van der Waals surface area contributed by atoms with Crippen LogP contribution < -0.4 is 25.0 Å². The van der Waals surface area contributed by atoms with Crippen molar-refractivity contribution >= 4 is 60.5 Å². The third-order valence-corrected chi connectivity index (χ3v) is 8.49. The van der Waals surface area contributed by atoms with Crippen LogP contribution in [-0.4, -0.2) is 54.1 Å². The molecule has 1 aliphatic heterocycles. The van der Waals surface area contributed by atoms with Gasteiger partial charge in [-0.3, -0.25) is 8.99 Å². The predicted octanol–water partition coefficient (Wildman–Crippen LogP) is 5.28. The van der Waals surface area contributed by atoms with Crippen molar-refractivity contribution in [3.63, 3.8) is 0 Å². The van der Waals surface area contributed by atoms with Gasteiger partial charge in [-0.2, -0.15) is 10.1 Å². The summed E-state index contributed by atoms with van der Waals surface area (Å²) in [6.45, 7) is 4.45. The van der Waals surface area contributed by atoms with Crippen molar-refractivity contribution < 1.29 is 13.2 Å². The third-order valence-electron chi connectivity index (χ3n) is 6.58. The molecule has 1 aliphatic rings. The molecule has 2 aromatic carbocycles. The second-order valence-electron chi connectivity index (χ2n) is 9.71. The van der Waals surface area contributed by atoms with Gasteiger partial charge in [0.1, 0.15) is 11.6 Å². The number of rotatable bonds is 8. The average Bonchev–Trinajstić information content (AvgIpc) is 3.16. The first-order chi connectivity index (χ1) is 19.1. The van der Waals surface area contributed by atoms with E-state index in [1.165, 1.54) is 10.6 Å². The fourth-order valence-electron chi connectivity index (χ4n) is 4.89. The maximum atomic E-state index is 12.6. The van der Waals surface area contributed by atoms with Gasteiger partial charge in [-0.15, -0.1) is 0 Å². The van der Waals surface area contributed by atoms with E-state index in [1.54, 1.807) is 25.4 Å². The molecular weight excluding hydrogens is 596 g/mol. The highest BCUT2D eigenvalue weighted by Gasteiger charge is 2.24. The van der Waals surface area contributed by atoms with Crippen molar-refractivity contribution in [2.45, 2.75) is 26.3 Å². The van der Waals surface area contributed by atoms with Crippen LogP contribution in [0.1, 0.15) is 19.5 Å². The molecule has 0 saturated carbocycles. The van der Waals surface area contributed by atoms with Crippen LogP contribution in [0.3, 0.4) is 0 Å². The van der Waals surface area contributed by atoms with E-state index in [1.807, 2.05) is 56.0 Å². The molecule has 0 radical (unpaired) electrons. The van der Waals surface area contributed by atoms with E-state index in [0.717, 1.165) is 35.5 Å². The van der Waals surface area contributed by atoms with Crippen molar-refractivity contribution in [2.24, 2.45) is 7.05 Å². The Hall–Kier alpha value is -3.84. The Balaban J connectivity index is 1.50. The summed E-state index contributed by atoms with van der Waals surface area (Å²) in [5.41, 5.74) is 5.98. The quantitative estimate of drug-likeness (QED) is 0.239. The van der Waals surface area contributed by atoms with Crippen LogP contribution in [0.15, 0.2) is 53.3 Å². The summed E-state index contributed by atoms with van der Waals surface area (Å²) in [5, 5.41) is 14.5. The molecule has 13 heteroatoms. The van der Waals surface area contributed by atoms with Crippen LogP contribution in [0.25, 0.3) is 11.1 Å². The highest BCUT2D eigenvalue weighted by Crippen LogP contribution is 2.41. The third kappa shape index (κ3) is 5.43. The maximum Gasteiger partial charge on any atom is 0.232 e. The van der Waals surface area contributed by atoms with E-state index in [0.29, 0.717) is 39.1 Å². The Bertz CT molecular complexity index is 1670. The predicted molar refractivity (Wildman–Crippen MR) is 163 cm³/mol. The van der Waals surface area contributed by atoms with E-state index in [-0.39, 0.29) is 6.04 Å². The highest BCUT2D eigenvalue weighted by molar-refractivity contribution is 9.10. The van der Waals surface area contributed by atoms with Crippen molar-refractivity contribution in [1.82, 2.24) is 19.7 Å². The molecule has 3 N–H and O–H groups in total. The van der Waals surface area contributed by atoms with Gasteiger partial charge in [-0.05, 0) is 48.0 Å². The first kappa shape index (κ1) is 27.7. The molecule has 3 heterocycles. The fourth-order valence-corrected chi connectivity index (χ4v) is 6.46. The first-order valence-electron chi connectivity index (χ1n) is 12.7. The largest absolute Gasteiger partial charge is 0.494 e. The summed E-state index contributed by atoms with van der Waals surface area (Å²) in [7, 11) is 0.0512. The number of hydrogen-bond acceptors (Lipinski definition) is 9. The molecule has 2 aromatic heterocycles. The topological polar surface area (TPSA) is 126 Å². The van der Waals surface area contributed by atoms with Gasteiger partial charge in [0.25, 0.3) is 0 Å². The van der Waals surface area contributed by atoms with E-state index >= 15 is 0 Å². The van der Waals surface area contributed by atoms with Crippen LogP contribution in [0.4, 0.5) is 34.5 Å². The fraction of sp³-hybridized carbons (Fsp3) is 0.296. The lowest BCUT2D eigenvalue weighted by Gasteiger charge is -2.28. The molecule has 0 spiro atoms. The molecule has 5 rings (SSSR count).